The Hall–Kier alpha value is -1.16. The first-order valence-corrected chi connectivity index (χ1v) is 6.30. The van der Waals surface area contributed by atoms with Gasteiger partial charge in [-0.05, 0) is 30.3 Å². The van der Waals surface area contributed by atoms with Crippen molar-refractivity contribution in [3.63, 3.8) is 0 Å². The van der Waals surface area contributed by atoms with Crippen molar-refractivity contribution in [2.45, 2.75) is 12.5 Å². The molecule has 0 bridgehead atoms. The Bertz CT molecular complexity index is 582. The molecule has 0 spiro atoms. The molecule has 5 heteroatoms. The van der Waals surface area contributed by atoms with E-state index in [4.69, 9.17) is 23.2 Å². The molecule has 1 N–H and O–H groups in total. The van der Waals surface area contributed by atoms with Crippen LogP contribution in [-0.2, 0) is 6.42 Å². The van der Waals surface area contributed by atoms with E-state index >= 15 is 0 Å². The molecule has 0 saturated carbocycles. The number of hydrogen-bond acceptors (Lipinski definition) is 1. The summed E-state index contributed by atoms with van der Waals surface area (Å²) in [4.78, 5) is 0. The standard InChI is InChI=1S/C14H10Cl2F2O/c15-11-2-1-3-13(18)9(11)7-14(19)10-6-8(17)4-5-12(10)16/h1-6,14,19H,7H2. The number of halogens is 4. The van der Waals surface area contributed by atoms with E-state index in [1.54, 1.807) is 0 Å². The maximum atomic E-state index is 13.6. The molecule has 0 aliphatic heterocycles. The summed E-state index contributed by atoms with van der Waals surface area (Å²) >= 11 is 11.8. The third kappa shape index (κ3) is 3.24. The minimum atomic E-state index is -1.13. The SMILES string of the molecule is OC(Cc1c(F)cccc1Cl)c1cc(F)ccc1Cl. The summed E-state index contributed by atoms with van der Waals surface area (Å²) in [5.74, 6) is -1.03. The molecule has 0 fully saturated rings. The summed E-state index contributed by atoms with van der Waals surface area (Å²) in [5.41, 5.74) is 0.387. The van der Waals surface area contributed by atoms with Gasteiger partial charge in [0.05, 0.1) is 6.10 Å². The fourth-order valence-electron chi connectivity index (χ4n) is 1.80. The summed E-state index contributed by atoms with van der Waals surface area (Å²) in [6.07, 6.45) is -1.20. The van der Waals surface area contributed by atoms with Crippen LogP contribution in [0.2, 0.25) is 10.0 Å². The van der Waals surface area contributed by atoms with E-state index in [2.05, 4.69) is 0 Å². The van der Waals surface area contributed by atoms with Crippen LogP contribution in [0.1, 0.15) is 17.2 Å². The van der Waals surface area contributed by atoms with Crippen molar-refractivity contribution in [1.29, 1.82) is 0 Å². The highest BCUT2D eigenvalue weighted by atomic mass is 35.5. The van der Waals surface area contributed by atoms with Gasteiger partial charge in [0.15, 0.2) is 0 Å². The third-order valence-corrected chi connectivity index (χ3v) is 3.47. The lowest BCUT2D eigenvalue weighted by Crippen LogP contribution is -2.05. The van der Waals surface area contributed by atoms with E-state index in [0.29, 0.717) is 0 Å². The second-order valence-corrected chi connectivity index (χ2v) is 4.90. The fourth-order valence-corrected chi connectivity index (χ4v) is 2.28. The van der Waals surface area contributed by atoms with Crippen molar-refractivity contribution < 1.29 is 13.9 Å². The van der Waals surface area contributed by atoms with Crippen LogP contribution in [0.3, 0.4) is 0 Å². The quantitative estimate of drug-likeness (QED) is 0.882. The average Bonchev–Trinajstić information content (AvgIpc) is 2.37. The Morgan fingerprint density at radius 3 is 2.47 bits per heavy atom. The van der Waals surface area contributed by atoms with Gasteiger partial charge in [0.1, 0.15) is 11.6 Å². The van der Waals surface area contributed by atoms with Crippen LogP contribution in [-0.4, -0.2) is 5.11 Å². The van der Waals surface area contributed by atoms with Crippen molar-refractivity contribution in [3.05, 3.63) is 69.2 Å². The minimum absolute atomic E-state index is 0.0747. The zero-order chi connectivity index (χ0) is 14.0. The van der Waals surface area contributed by atoms with E-state index in [0.717, 1.165) is 6.07 Å². The second kappa shape index (κ2) is 5.87. The zero-order valence-electron chi connectivity index (χ0n) is 9.71. The van der Waals surface area contributed by atoms with Crippen molar-refractivity contribution in [2.24, 2.45) is 0 Å². The van der Waals surface area contributed by atoms with Gasteiger partial charge in [0.2, 0.25) is 0 Å². The molecule has 0 aromatic heterocycles. The molecule has 0 saturated heterocycles. The first kappa shape index (κ1) is 14.3. The number of benzene rings is 2. The lowest BCUT2D eigenvalue weighted by atomic mass is 10.0. The van der Waals surface area contributed by atoms with Gasteiger partial charge >= 0.3 is 0 Å². The smallest absolute Gasteiger partial charge is 0.127 e. The van der Waals surface area contributed by atoms with Crippen LogP contribution < -0.4 is 0 Å². The highest BCUT2D eigenvalue weighted by Gasteiger charge is 2.17. The summed E-state index contributed by atoms with van der Waals surface area (Å²) < 4.78 is 26.7. The molecular formula is C14H10Cl2F2O. The molecule has 0 aliphatic carbocycles. The lowest BCUT2D eigenvalue weighted by molar-refractivity contribution is 0.177. The van der Waals surface area contributed by atoms with Crippen LogP contribution >= 0.6 is 23.2 Å². The number of rotatable bonds is 3. The topological polar surface area (TPSA) is 20.2 Å². The normalized spacial score (nSPS) is 12.5. The molecule has 100 valence electrons. The van der Waals surface area contributed by atoms with Gasteiger partial charge in [0, 0.05) is 27.6 Å². The van der Waals surface area contributed by atoms with E-state index in [1.807, 2.05) is 0 Å². The monoisotopic (exact) mass is 302 g/mol. The van der Waals surface area contributed by atoms with Crippen LogP contribution in [0.4, 0.5) is 8.78 Å². The predicted molar refractivity (Wildman–Crippen MR) is 71.5 cm³/mol. The van der Waals surface area contributed by atoms with Gasteiger partial charge in [-0.1, -0.05) is 29.3 Å². The highest BCUT2D eigenvalue weighted by molar-refractivity contribution is 6.31. The zero-order valence-corrected chi connectivity index (χ0v) is 11.2. The van der Waals surface area contributed by atoms with Crippen LogP contribution in [0.25, 0.3) is 0 Å². The summed E-state index contributed by atoms with van der Waals surface area (Å²) in [6.45, 7) is 0. The Kier molecular flexibility index (Phi) is 4.40. The Balaban J connectivity index is 2.31. The van der Waals surface area contributed by atoms with Gasteiger partial charge in [-0.3, -0.25) is 0 Å². The molecule has 2 aromatic carbocycles. The molecule has 0 radical (unpaired) electrons. The van der Waals surface area contributed by atoms with E-state index in [-0.39, 0.29) is 27.6 Å². The van der Waals surface area contributed by atoms with Crippen molar-refractivity contribution in [1.82, 2.24) is 0 Å². The summed E-state index contributed by atoms with van der Waals surface area (Å²) in [5, 5.41) is 10.5. The summed E-state index contributed by atoms with van der Waals surface area (Å²) in [7, 11) is 0. The van der Waals surface area contributed by atoms with Gasteiger partial charge < -0.3 is 5.11 Å². The van der Waals surface area contributed by atoms with Gasteiger partial charge in [-0.25, -0.2) is 8.78 Å². The molecule has 1 nitrogen and oxygen atoms in total. The summed E-state index contributed by atoms with van der Waals surface area (Å²) in [6, 6.07) is 7.92. The van der Waals surface area contributed by atoms with E-state index in [1.165, 1.54) is 30.3 Å². The lowest BCUT2D eigenvalue weighted by Gasteiger charge is -2.14. The molecular weight excluding hydrogens is 293 g/mol. The van der Waals surface area contributed by atoms with Crippen molar-refractivity contribution in [3.8, 4) is 0 Å². The van der Waals surface area contributed by atoms with Gasteiger partial charge in [-0.15, -0.1) is 0 Å². The van der Waals surface area contributed by atoms with E-state index in [9.17, 15) is 13.9 Å². The van der Waals surface area contributed by atoms with Crippen molar-refractivity contribution in [2.75, 3.05) is 0 Å². The minimum Gasteiger partial charge on any atom is -0.388 e. The Morgan fingerprint density at radius 1 is 1.05 bits per heavy atom. The molecule has 0 heterocycles. The Labute approximate surface area is 119 Å². The van der Waals surface area contributed by atoms with Gasteiger partial charge in [0.25, 0.3) is 0 Å². The van der Waals surface area contributed by atoms with Gasteiger partial charge in [-0.2, -0.15) is 0 Å². The van der Waals surface area contributed by atoms with E-state index < -0.39 is 17.7 Å². The molecule has 2 rings (SSSR count). The fraction of sp³-hybridized carbons (Fsp3) is 0.143. The molecule has 0 amide bonds. The maximum Gasteiger partial charge on any atom is 0.127 e. The maximum absolute atomic E-state index is 13.6. The molecule has 19 heavy (non-hydrogen) atoms. The van der Waals surface area contributed by atoms with Crippen LogP contribution in [0, 0.1) is 11.6 Å². The van der Waals surface area contributed by atoms with Crippen LogP contribution in [0.5, 0.6) is 0 Å². The molecule has 1 atom stereocenters. The first-order chi connectivity index (χ1) is 8.99. The largest absolute Gasteiger partial charge is 0.388 e. The Morgan fingerprint density at radius 2 is 1.79 bits per heavy atom. The number of aliphatic hydroxyl groups is 1. The van der Waals surface area contributed by atoms with Crippen molar-refractivity contribution >= 4 is 23.2 Å². The number of aliphatic hydroxyl groups excluding tert-OH is 1. The molecule has 0 aliphatic rings. The average molecular weight is 303 g/mol. The number of hydrogen-bond donors (Lipinski definition) is 1. The first-order valence-electron chi connectivity index (χ1n) is 5.55. The molecule has 2 aromatic rings. The highest BCUT2D eigenvalue weighted by Crippen LogP contribution is 2.29. The predicted octanol–water partition coefficient (Wildman–Crippen LogP) is 4.55. The third-order valence-electron chi connectivity index (χ3n) is 2.78. The molecule has 1 unspecified atom stereocenters. The second-order valence-electron chi connectivity index (χ2n) is 4.09. The van der Waals surface area contributed by atoms with Crippen LogP contribution in [0.15, 0.2) is 36.4 Å².